The molecule has 0 saturated heterocycles. The van der Waals surface area contributed by atoms with Gasteiger partial charge >= 0.3 is 0 Å². The lowest BCUT2D eigenvalue weighted by Gasteiger charge is -2.25. The first-order valence-electron chi connectivity index (χ1n) is 4.52. The van der Waals surface area contributed by atoms with Gasteiger partial charge in [0.1, 0.15) is 11.6 Å². The third kappa shape index (κ3) is 1.41. The van der Waals surface area contributed by atoms with Crippen molar-refractivity contribution in [2.45, 2.75) is 20.0 Å². The third-order valence-corrected chi connectivity index (χ3v) is 2.25. The summed E-state index contributed by atoms with van der Waals surface area (Å²) in [6.45, 7) is 7.25. The van der Waals surface area contributed by atoms with Crippen LogP contribution in [0.2, 0.25) is 0 Å². The summed E-state index contributed by atoms with van der Waals surface area (Å²) < 4.78 is 1.85. The van der Waals surface area contributed by atoms with E-state index in [1.165, 1.54) is 6.08 Å². The van der Waals surface area contributed by atoms with E-state index in [0.29, 0.717) is 13.1 Å². The molecule has 1 aromatic heterocycles. The zero-order valence-electron chi connectivity index (χ0n) is 8.10. The minimum Gasteiger partial charge on any atom is -0.330 e. The van der Waals surface area contributed by atoms with E-state index in [-0.39, 0.29) is 5.91 Å². The Hall–Kier alpha value is -1.65. The van der Waals surface area contributed by atoms with Crippen molar-refractivity contribution in [3.8, 4) is 0 Å². The van der Waals surface area contributed by atoms with Crippen molar-refractivity contribution >= 4 is 5.91 Å². The second-order valence-corrected chi connectivity index (χ2v) is 3.26. The van der Waals surface area contributed by atoms with Gasteiger partial charge in [-0.2, -0.15) is 5.10 Å². The van der Waals surface area contributed by atoms with Crippen molar-refractivity contribution in [2.75, 3.05) is 6.54 Å². The van der Waals surface area contributed by atoms with Crippen molar-refractivity contribution < 1.29 is 4.79 Å². The zero-order valence-corrected chi connectivity index (χ0v) is 8.10. The minimum atomic E-state index is -0.0445. The van der Waals surface area contributed by atoms with E-state index in [0.717, 1.165) is 18.2 Å². The summed E-state index contributed by atoms with van der Waals surface area (Å²) in [5.41, 5.74) is 0. The SMILES string of the molecule is C=CC(=O)N1CCn2nc(C)nc2C1. The fourth-order valence-corrected chi connectivity index (χ4v) is 1.58. The van der Waals surface area contributed by atoms with E-state index in [1.807, 2.05) is 11.6 Å². The van der Waals surface area contributed by atoms with Crippen molar-refractivity contribution in [2.24, 2.45) is 0 Å². The van der Waals surface area contributed by atoms with E-state index < -0.39 is 0 Å². The summed E-state index contributed by atoms with van der Waals surface area (Å²) in [6.07, 6.45) is 1.33. The Kier molecular flexibility index (Phi) is 2.07. The van der Waals surface area contributed by atoms with Crippen molar-refractivity contribution in [1.29, 1.82) is 0 Å². The van der Waals surface area contributed by atoms with Crippen LogP contribution in [0.4, 0.5) is 0 Å². The lowest BCUT2D eigenvalue weighted by atomic mass is 10.3. The van der Waals surface area contributed by atoms with Crippen LogP contribution in [0.1, 0.15) is 11.6 Å². The summed E-state index contributed by atoms with van der Waals surface area (Å²) in [7, 11) is 0. The maximum Gasteiger partial charge on any atom is 0.246 e. The van der Waals surface area contributed by atoms with Crippen LogP contribution in [-0.2, 0) is 17.9 Å². The predicted octanol–water partition coefficient (Wildman–Crippen LogP) is 0.115. The number of fused-ring (bicyclic) bond motifs is 1. The summed E-state index contributed by atoms with van der Waals surface area (Å²) >= 11 is 0. The quantitative estimate of drug-likeness (QED) is 0.594. The van der Waals surface area contributed by atoms with E-state index in [4.69, 9.17) is 0 Å². The van der Waals surface area contributed by atoms with Crippen LogP contribution in [-0.4, -0.2) is 32.1 Å². The average Bonchev–Trinajstić information content (AvgIpc) is 2.55. The molecule has 5 heteroatoms. The fraction of sp³-hybridized carbons (Fsp3) is 0.444. The number of hydrogen-bond donors (Lipinski definition) is 0. The standard InChI is InChI=1S/C9H12N4O/c1-3-9(14)12-4-5-13-8(6-12)10-7(2)11-13/h3H,1,4-6H2,2H3. The molecule has 5 nitrogen and oxygen atoms in total. The molecule has 0 atom stereocenters. The average molecular weight is 192 g/mol. The van der Waals surface area contributed by atoms with E-state index >= 15 is 0 Å². The van der Waals surface area contributed by atoms with Crippen molar-refractivity contribution in [3.63, 3.8) is 0 Å². The molecule has 0 unspecified atom stereocenters. The number of carbonyl (C=O) groups is 1. The Labute approximate surface area is 82.0 Å². The molecule has 0 N–H and O–H groups in total. The number of hydrogen-bond acceptors (Lipinski definition) is 3. The molecule has 0 spiro atoms. The van der Waals surface area contributed by atoms with Gasteiger partial charge in [0.2, 0.25) is 5.91 Å². The van der Waals surface area contributed by atoms with Crippen LogP contribution in [0, 0.1) is 6.92 Å². The van der Waals surface area contributed by atoms with Gasteiger partial charge in [-0.15, -0.1) is 0 Å². The molecule has 0 aliphatic carbocycles. The number of amides is 1. The summed E-state index contributed by atoms with van der Waals surface area (Å²) in [5.74, 6) is 1.56. The first-order valence-corrected chi connectivity index (χ1v) is 4.52. The molecule has 0 radical (unpaired) electrons. The Morgan fingerprint density at radius 1 is 1.57 bits per heavy atom. The lowest BCUT2D eigenvalue weighted by molar-refractivity contribution is -0.127. The lowest BCUT2D eigenvalue weighted by Crippen LogP contribution is -2.37. The van der Waals surface area contributed by atoms with Gasteiger partial charge in [0.05, 0.1) is 13.1 Å². The summed E-state index contributed by atoms with van der Waals surface area (Å²) in [4.78, 5) is 17.3. The highest BCUT2D eigenvalue weighted by Crippen LogP contribution is 2.09. The molecule has 2 rings (SSSR count). The Balaban J connectivity index is 2.20. The highest BCUT2D eigenvalue weighted by atomic mass is 16.2. The maximum atomic E-state index is 11.3. The van der Waals surface area contributed by atoms with Gasteiger partial charge in [0.25, 0.3) is 0 Å². The van der Waals surface area contributed by atoms with Crippen molar-refractivity contribution in [3.05, 3.63) is 24.3 Å². The topological polar surface area (TPSA) is 51.0 Å². The molecule has 1 aliphatic heterocycles. The van der Waals surface area contributed by atoms with Gasteiger partial charge in [-0.05, 0) is 13.0 Å². The van der Waals surface area contributed by atoms with Crippen LogP contribution in [0.5, 0.6) is 0 Å². The number of rotatable bonds is 1. The summed E-state index contributed by atoms with van der Waals surface area (Å²) in [6, 6.07) is 0. The Bertz CT molecular complexity index is 382. The molecule has 1 aliphatic rings. The first kappa shape index (κ1) is 8.93. The van der Waals surface area contributed by atoms with E-state index in [2.05, 4.69) is 16.7 Å². The normalized spacial score (nSPS) is 15.1. The van der Waals surface area contributed by atoms with Crippen LogP contribution < -0.4 is 0 Å². The molecule has 1 aromatic rings. The van der Waals surface area contributed by atoms with Crippen LogP contribution >= 0.6 is 0 Å². The van der Waals surface area contributed by atoms with E-state index in [9.17, 15) is 4.79 Å². The zero-order chi connectivity index (χ0) is 10.1. The molecule has 0 saturated carbocycles. The third-order valence-electron chi connectivity index (χ3n) is 2.25. The number of aromatic nitrogens is 3. The summed E-state index contributed by atoms with van der Waals surface area (Å²) in [5, 5.41) is 4.21. The molecular weight excluding hydrogens is 180 g/mol. The smallest absolute Gasteiger partial charge is 0.246 e. The van der Waals surface area contributed by atoms with Crippen LogP contribution in [0.25, 0.3) is 0 Å². The molecule has 0 bridgehead atoms. The largest absolute Gasteiger partial charge is 0.330 e. The molecular formula is C9H12N4O. The highest BCUT2D eigenvalue weighted by molar-refractivity contribution is 5.86. The van der Waals surface area contributed by atoms with Gasteiger partial charge in [0, 0.05) is 6.54 Å². The maximum absolute atomic E-state index is 11.3. The Morgan fingerprint density at radius 3 is 3.07 bits per heavy atom. The molecule has 0 fully saturated rings. The number of nitrogens with zero attached hydrogens (tertiary/aromatic N) is 4. The van der Waals surface area contributed by atoms with Gasteiger partial charge < -0.3 is 4.90 Å². The van der Waals surface area contributed by atoms with Crippen LogP contribution in [0.15, 0.2) is 12.7 Å². The Morgan fingerprint density at radius 2 is 2.36 bits per heavy atom. The minimum absolute atomic E-state index is 0.0445. The van der Waals surface area contributed by atoms with Gasteiger partial charge in [0.15, 0.2) is 0 Å². The molecule has 14 heavy (non-hydrogen) atoms. The molecule has 2 heterocycles. The van der Waals surface area contributed by atoms with E-state index in [1.54, 1.807) is 4.90 Å². The van der Waals surface area contributed by atoms with Gasteiger partial charge in [-0.3, -0.25) is 4.79 Å². The second kappa shape index (κ2) is 3.25. The first-order chi connectivity index (χ1) is 6.70. The highest BCUT2D eigenvalue weighted by Gasteiger charge is 2.20. The number of carbonyl (C=O) groups excluding carboxylic acids is 1. The second-order valence-electron chi connectivity index (χ2n) is 3.26. The number of aryl methyl sites for hydroxylation is 1. The van der Waals surface area contributed by atoms with Crippen LogP contribution in [0.3, 0.4) is 0 Å². The molecule has 74 valence electrons. The van der Waals surface area contributed by atoms with Gasteiger partial charge in [-0.25, -0.2) is 9.67 Å². The van der Waals surface area contributed by atoms with Gasteiger partial charge in [-0.1, -0.05) is 6.58 Å². The predicted molar refractivity (Wildman–Crippen MR) is 50.4 cm³/mol. The van der Waals surface area contributed by atoms with Crippen molar-refractivity contribution in [1.82, 2.24) is 19.7 Å². The monoisotopic (exact) mass is 192 g/mol. The molecule has 0 aromatic carbocycles. The fourth-order valence-electron chi connectivity index (χ4n) is 1.58. The molecule has 1 amide bonds.